The van der Waals surface area contributed by atoms with Crippen LogP contribution in [-0.4, -0.2) is 15.5 Å². The second-order valence-electron chi connectivity index (χ2n) is 5.18. The van der Waals surface area contributed by atoms with E-state index in [4.69, 9.17) is 0 Å². The Labute approximate surface area is 155 Å². The summed E-state index contributed by atoms with van der Waals surface area (Å²) in [4.78, 5) is 28.8. The first-order chi connectivity index (χ1) is 11.5. The number of rotatable bonds is 4. The highest BCUT2D eigenvalue weighted by molar-refractivity contribution is 9.11. The van der Waals surface area contributed by atoms with E-state index in [0.717, 1.165) is 8.95 Å². The van der Waals surface area contributed by atoms with E-state index in [2.05, 4.69) is 42.2 Å². The van der Waals surface area contributed by atoms with Crippen molar-refractivity contribution in [1.29, 1.82) is 0 Å². The van der Waals surface area contributed by atoms with Crippen molar-refractivity contribution >= 4 is 54.4 Å². The Hall–Kier alpha value is -1.99. The minimum atomic E-state index is -0.172. The van der Waals surface area contributed by atoms with Crippen molar-refractivity contribution in [1.82, 2.24) is 9.55 Å². The topological polar surface area (TPSA) is 64.0 Å². The lowest BCUT2D eigenvalue weighted by Crippen LogP contribution is -2.23. The second-order valence-corrected chi connectivity index (χ2v) is 6.95. The zero-order chi connectivity index (χ0) is 17.1. The Balaban J connectivity index is 1.71. The van der Waals surface area contributed by atoms with Crippen LogP contribution in [0.15, 0.2) is 62.5 Å². The minimum absolute atomic E-state index is 0.142. The molecule has 0 saturated heterocycles. The lowest BCUT2D eigenvalue weighted by atomic mass is 10.2. The first-order valence-corrected chi connectivity index (χ1v) is 8.82. The molecule has 0 unspecified atom stereocenters. The molecular formula is C17H13Br2N3O2. The molecule has 1 aromatic heterocycles. The van der Waals surface area contributed by atoms with Gasteiger partial charge in [0.2, 0.25) is 5.91 Å². The Kier molecular flexibility index (Phi) is 5.11. The summed E-state index contributed by atoms with van der Waals surface area (Å²) in [6, 6.07) is 12.7. The number of halogens is 2. The van der Waals surface area contributed by atoms with Crippen LogP contribution >= 0.6 is 31.9 Å². The highest BCUT2D eigenvalue weighted by atomic mass is 79.9. The Morgan fingerprint density at radius 3 is 2.79 bits per heavy atom. The Morgan fingerprint density at radius 1 is 1.17 bits per heavy atom. The molecule has 0 radical (unpaired) electrons. The number of aryl methyl sites for hydroxylation is 1. The van der Waals surface area contributed by atoms with E-state index in [1.165, 1.54) is 10.9 Å². The number of hydrogen-bond acceptors (Lipinski definition) is 3. The SMILES string of the molecule is O=C(CCn1cnc2ccccc2c1=O)Nc1cc(Br)ccc1Br. The molecule has 122 valence electrons. The van der Waals surface area contributed by atoms with Crippen LogP contribution in [0.1, 0.15) is 6.42 Å². The van der Waals surface area contributed by atoms with Gasteiger partial charge in [-0.15, -0.1) is 0 Å². The average Bonchev–Trinajstić information content (AvgIpc) is 2.58. The van der Waals surface area contributed by atoms with Crippen molar-refractivity contribution < 1.29 is 4.79 Å². The molecule has 0 aliphatic carbocycles. The Bertz CT molecular complexity index is 969. The summed E-state index contributed by atoms with van der Waals surface area (Å²) in [5.41, 5.74) is 1.19. The normalized spacial score (nSPS) is 10.8. The summed E-state index contributed by atoms with van der Waals surface area (Å²) in [5.74, 6) is -0.172. The third-order valence-corrected chi connectivity index (χ3v) is 4.70. The predicted octanol–water partition coefficient (Wildman–Crippen LogP) is 3.95. The second kappa shape index (κ2) is 7.27. The van der Waals surface area contributed by atoms with Crippen LogP contribution in [0, 0.1) is 0 Å². The largest absolute Gasteiger partial charge is 0.325 e. The molecule has 3 aromatic rings. The average molecular weight is 451 g/mol. The van der Waals surface area contributed by atoms with Crippen LogP contribution in [-0.2, 0) is 11.3 Å². The molecule has 2 aromatic carbocycles. The molecule has 0 atom stereocenters. The molecule has 1 amide bonds. The third kappa shape index (κ3) is 3.73. The highest BCUT2D eigenvalue weighted by Crippen LogP contribution is 2.26. The summed E-state index contributed by atoms with van der Waals surface area (Å²) < 4.78 is 3.12. The van der Waals surface area contributed by atoms with Gasteiger partial charge in [0.05, 0.1) is 22.9 Å². The predicted molar refractivity (Wildman–Crippen MR) is 101 cm³/mol. The lowest BCUT2D eigenvalue weighted by Gasteiger charge is -2.09. The number of carbonyl (C=O) groups is 1. The number of hydrogen-bond donors (Lipinski definition) is 1. The monoisotopic (exact) mass is 449 g/mol. The zero-order valence-corrected chi connectivity index (χ0v) is 15.7. The molecule has 24 heavy (non-hydrogen) atoms. The third-order valence-electron chi connectivity index (χ3n) is 3.51. The van der Waals surface area contributed by atoms with Gasteiger partial charge in [-0.3, -0.25) is 14.2 Å². The van der Waals surface area contributed by atoms with Gasteiger partial charge in [0.25, 0.3) is 5.56 Å². The molecule has 7 heteroatoms. The summed E-state index contributed by atoms with van der Waals surface area (Å²) >= 11 is 6.76. The number of amides is 1. The van der Waals surface area contributed by atoms with E-state index >= 15 is 0 Å². The first kappa shape index (κ1) is 16.9. The summed E-state index contributed by atoms with van der Waals surface area (Å²) in [6.45, 7) is 0.272. The van der Waals surface area contributed by atoms with Gasteiger partial charge < -0.3 is 5.32 Å². The maximum atomic E-state index is 12.4. The van der Waals surface area contributed by atoms with Crippen molar-refractivity contribution in [2.24, 2.45) is 0 Å². The van der Waals surface area contributed by atoms with Gasteiger partial charge in [0.1, 0.15) is 0 Å². The van der Waals surface area contributed by atoms with E-state index in [0.29, 0.717) is 16.6 Å². The maximum Gasteiger partial charge on any atom is 0.261 e. The lowest BCUT2D eigenvalue weighted by molar-refractivity contribution is -0.116. The summed E-state index contributed by atoms with van der Waals surface area (Å²) in [6.07, 6.45) is 1.66. The minimum Gasteiger partial charge on any atom is -0.325 e. The van der Waals surface area contributed by atoms with Crippen LogP contribution in [0.4, 0.5) is 5.69 Å². The van der Waals surface area contributed by atoms with Crippen LogP contribution < -0.4 is 10.9 Å². The van der Waals surface area contributed by atoms with Crippen molar-refractivity contribution in [3.8, 4) is 0 Å². The standard InChI is InChI=1S/C17H13Br2N3O2/c18-11-5-6-13(19)15(9-11)21-16(23)7-8-22-10-20-14-4-2-1-3-12(14)17(22)24/h1-6,9-10H,7-8H2,(H,21,23). The number of anilines is 1. The van der Waals surface area contributed by atoms with E-state index in [1.807, 2.05) is 24.3 Å². The fourth-order valence-electron chi connectivity index (χ4n) is 2.29. The molecule has 0 bridgehead atoms. The Morgan fingerprint density at radius 2 is 1.96 bits per heavy atom. The summed E-state index contributed by atoms with van der Waals surface area (Å²) in [5, 5.41) is 3.38. The van der Waals surface area contributed by atoms with E-state index < -0.39 is 0 Å². The van der Waals surface area contributed by atoms with Crippen molar-refractivity contribution in [2.75, 3.05) is 5.32 Å². The number of aromatic nitrogens is 2. The van der Waals surface area contributed by atoms with Gasteiger partial charge in [0.15, 0.2) is 0 Å². The molecular weight excluding hydrogens is 438 g/mol. The van der Waals surface area contributed by atoms with E-state index in [9.17, 15) is 9.59 Å². The smallest absolute Gasteiger partial charge is 0.261 e. The van der Waals surface area contributed by atoms with E-state index in [-0.39, 0.29) is 24.4 Å². The number of nitrogens with one attached hydrogen (secondary N) is 1. The molecule has 1 N–H and O–H groups in total. The van der Waals surface area contributed by atoms with Gasteiger partial charge in [-0.05, 0) is 46.3 Å². The number of nitrogens with zero attached hydrogens (tertiary/aromatic N) is 2. The number of para-hydroxylation sites is 1. The number of benzene rings is 2. The molecule has 0 saturated carbocycles. The van der Waals surface area contributed by atoms with Crippen LogP contribution in [0.2, 0.25) is 0 Å². The molecule has 0 spiro atoms. The van der Waals surface area contributed by atoms with Gasteiger partial charge in [-0.2, -0.15) is 0 Å². The van der Waals surface area contributed by atoms with E-state index in [1.54, 1.807) is 18.2 Å². The quantitative estimate of drug-likeness (QED) is 0.654. The van der Waals surface area contributed by atoms with Crippen LogP contribution in [0.5, 0.6) is 0 Å². The van der Waals surface area contributed by atoms with Gasteiger partial charge in [-0.25, -0.2) is 4.98 Å². The maximum absolute atomic E-state index is 12.4. The van der Waals surface area contributed by atoms with Gasteiger partial charge >= 0.3 is 0 Å². The zero-order valence-electron chi connectivity index (χ0n) is 12.5. The number of fused-ring (bicyclic) bond motifs is 1. The fraction of sp³-hybridized carbons (Fsp3) is 0.118. The molecule has 1 heterocycles. The molecule has 0 aliphatic rings. The van der Waals surface area contributed by atoms with Gasteiger partial charge in [-0.1, -0.05) is 28.1 Å². The molecule has 3 rings (SSSR count). The van der Waals surface area contributed by atoms with Crippen molar-refractivity contribution in [3.05, 3.63) is 68.1 Å². The first-order valence-electron chi connectivity index (χ1n) is 7.23. The fourth-order valence-corrected chi connectivity index (χ4v) is 3.00. The van der Waals surface area contributed by atoms with Crippen LogP contribution in [0.3, 0.4) is 0 Å². The van der Waals surface area contributed by atoms with Crippen molar-refractivity contribution in [2.45, 2.75) is 13.0 Å². The molecule has 5 nitrogen and oxygen atoms in total. The molecule has 0 fully saturated rings. The molecule has 0 aliphatic heterocycles. The van der Waals surface area contributed by atoms with Crippen molar-refractivity contribution in [3.63, 3.8) is 0 Å². The number of carbonyl (C=O) groups excluding carboxylic acids is 1. The van der Waals surface area contributed by atoms with Crippen LogP contribution in [0.25, 0.3) is 10.9 Å². The van der Waals surface area contributed by atoms with Gasteiger partial charge in [0, 0.05) is 21.9 Å². The highest BCUT2D eigenvalue weighted by Gasteiger charge is 2.08. The summed E-state index contributed by atoms with van der Waals surface area (Å²) in [7, 11) is 0.